The molecule has 0 aliphatic heterocycles. The third-order valence-electron chi connectivity index (χ3n) is 2.55. The summed E-state index contributed by atoms with van der Waals surface area (Å²) in [5, 5.41) is 10.7. The largest absolute Gasteiger partial charge is 0.382 e. The molecule has 0 saturated heterocycles. The van der Waals surface area contributed by atoms with Gasteiger partial charge >= 0.3 is 0 Å². The number of thiazole rings is 1. The first kappa shape index (κ1) is 15.2. The van der Waals surface area contributed by atoms with E-state index in [0.29, 0.717) is 28.8 Å². The van der Waals surface area contributed by atoms with E-state index in [1.54, 1.807) is 18.1 Å². The van der Waals surface area contributed by atoms with Gasteiger partial charge in [0.25, 0.3) is 5.91 Å². The first-order valence-electron chi connectivity index (χ1n) is 6.61. The fourth-order valence-electron chi connectivity index (χ4n) is 1.67. The van der Waals surface area contributed by atoms with Crippen LogP contribution in [0.25, 0.3) is 0 Å². The van der Waals surface area contributed by atoms with Gasteiger partial charge in [0.05, 0.1) is 0 Å². The highest BCUT2D eigenvalue weighted by Crippen LogP contribution is 2.25. The van der Waals surface area contributed by atoms with Crippen LogP contribution in [0.1, 0.15) is 29.3 Å². The molecular weight excluding hydrogens is 290 g/mol. The number of aryl methyl sites for hydroxylation is 1. The maximum Gasteiger partial charge on any atom is 0.265 e. The topological polar surface area (TPSA) is 111 Å². The van der Waals surface area contributed by atoms with Crippen LogP contribution in [0.2, 0.25) is 0 Å². The molecule has 0 aliphatic carbocycles. The van der Waals surface area contributed by atoms with Gasteiger partial charge in [0.15, 0.2) is 11.0 Å². The average Bonchev–Trinajstić information content (AvgIpc) is 2.95. The van der Waals surface area contributed by atoms with Gasteiger partial charge in [-0.15, -0.1) is 0 Å². The van der Waals surface area contributed by atoms with E-state index in [0.717, 1.165) is 0 Å². The SMILES string of the molecule is CC(C)Nc1nc(N)c(C(=O)NCCc2ncn(C)n2)s1. The minimum atomic E-state index is -0.224. The number of aromatic nitrogens is 4. The van der Waals surface area contributed by atoms with Crippen LogP contribution in [0, 0.1) is 0 Å². The molecule has 4 N–H and O–H groups in total. The molecule has 0 unspecified atom stereocenters. The maximum atomic E-state index is 12.1. The van der Waals surface area contributed by atoms with E-state index in [4.69, 9.17) is 5.73 Å². The van der Waals surface area contributed by atoms with Crippen molar-refractivity contribution < 1.29 is 4.79 Å². The van der Waals surface area contributed by atoms with Crippen LogP contribution in [-0.2, 0) is 13.5 Å². The summed E-state index contributed by atoms with van der Waals surface area (Å²) in [5.41, 5.74) is 5.77. The van der Waals surface area contributed by atoms with Crippen LogP contribution in [0.5, 0.6) is 0 Å². The summed E-state index contributed by atoms with van der Waals surface area (Å²) in [6, 6.07) is 0.238. The van der Waals surface area contributed by atoms with Crippen molar-refractivity contribution in [1.29, 1.82) is 0 Å². The lowest BCUT2D eigenvalue weighted by molar-refractivity contribution is 0.0958. The number of rotatable bonds is 6. The minimum Gasteiger partial charge on any atom is -0.382 e. The molecule has 21 heavy (non-hydrogen) atoms. The van der Waals surface area contributed by atoms with Crippen LogP contribution in [0.4, 0.5) is 10.9 Å². The monoisotopic (exact) mass is 309 g/mol. The Morgan fingerprint density at radius 1 is 1.52 bits per heavy atom. The summed E-state index contributed by atoms with van der Waals surface area (Å²) < 4.78 is 1.63. The fourth-order valence-corrected chi connectivity index (χ4v) is 2.62. The van der Waals surface area contributed by atoms with E-state index >= 15 is 0 Å². The number of nitrogens with two attached hydrogens (primary N) is 1. The van der Waals surface area contributed by atoms with Crippen molar-refractivity contribution in [3.05, 3.63) is 17.0 Å². The zero-order valence-electron chi connectivity index (χ0n) is 12.3. The van der Waals surface area contributed by atoms with Gasteiger partial charge in [0, 0.05) is 26.1 Å². The van der Waals surface area contributed by atoms with Crippen LogP contribution < -0.4 is 16.4 Å². The van der Waals surface area contributed by atoms with Gasteiger partial charge in [-0.1, -0.05) is 11.3 Å². The Hall–Kier alpha value is -2.16. The molecule has 0 spiro atoms. The van der Waals surface area contributed by atoms with Gasteiger partial charge < -0.3 is 16.4 Å². The number of carbonyl (C=O) groups excluding carboxylic acids is 1. The highest BCUT2D eigenvalue weighted by atomic mass is 32.1. The Morgan fingerprint density at radius 2 is 2.29 bits per heavy atom. The van der Waals surface area contributed by atoms with Gasteiger partial charge in [0.2, 0.25) is 0 Å². The third-order valence-corrected chi connectivity index (χ3v) is 3.55. The third kappa shape index (κ3) is 4.15. The van der Waals surface area contributed by atoms with E-state index in [9.17, 15) is 4.79 Å². The summed E-state index contributed by atoms with van der Waals surface area (Å²) in [5.74, 6) is 0.714. The van der Waals surface area contributed by atoms with Gasteiger partial charge in [-0.05, 0) is 13.8 Å². The molecular formula is C12H19N7OS. The van der Waals surface area contributed by atoms with Gasteiger partial charge in [0.1, 0.15) is 17.0 Å². The first-order valence-corrected chi connectivity index (χ1v) is 7.43. The molecule has 114 valence electrons. The summed E-state index contributed by atoms with van der Waals surface area (Å²) >= 11 is 1.25. The molecule has 0 radical (unpaired) electrons. The van der Waals surface area contributed by atoms with Crippen molar-refractivity contribution in [1.82, 2.24) is 25.1 Å². The normalized spacial score (nSPS) is 10.9. The number of nitrogens with one attached hydrogen (secondary N) is 2. The predicted octanol–water partition coefficient (Wildman–Crippen LogP) is 0.647. The molecule has 8 nitrogen and oxygen atoms in total. The number of nitrogen functional groups attached to an aromatic ring is 1. The quantitative estimate of drug-likeness (QED) is 0.722. The van der Waals surface area contributed by atoms with Crippen molar-refractivity contribution in [3.8, 4) is 0 Å². The Labute approximate surface area is 126 Å². The molecule has 1 amide bonds. The highest BCUT2D eigenvalue weighted by molar-refractivity contribution is 7.18. The zero-order valence-corrected chi connectivity index (χ0v) is 13.1. The van der Waals surface area contributed by atoms with Crippen molar-refractivity contribution in [2.75, 3.05) is 17.6 Å². The number of nitrogens with zero attached hydrogens (tertiary/aromatic N) is 4. The second-order valence-electron chi connectivity index (χ2n) is 4.87. The number of carbonyl (C=O) groups is 1. The van der Waals surface area contributed by atoms with E-state index in [1.807, 2.05) is 13.8 Å². The van der Waals surface area contributed by atoms with Crippen LogP contribution in [0.3, 0.4) is 0 Å². The smallest absolute Gasteiger partial charge is 0.265 e. The molecule has 0 bridgehead atoms. The predicted molar refractivity (Wildman–Crippen MR) is 82.3 cm³/mol. The van der Waals surface area contributed by atoms with Gasteiger partial charge in [-0.25, -0.2) is 9.97 Å². The summed E-state index contributed by atoms with van der Waals surface area (Å²) in [6.07, 6.45) is 2.20. The lowest BCUT2D eigenvalue weighted by Gasteiger charge is -2.04. The lowest BCUT2D eigenvalue weighted by atomic mass is 10.4. The van der Waals surface area contributed by atoms with Crippen LogP contribution >= 0.6 is 11.3 Å². The highest BCUT2D eigenvalue weighted by Gasteiger charge is 2.16. The molecule has 2 rings (SSSR count). The Balaban J connectivity index is 1.89. The van der Waals surface area contributed by atoms with E-state index < -0.39 is 0 Å². The maximum absolute atomic E-state index is 12.1. The van der Waals surface area contributed by atoms with Crippen molar-refractivity contribution in [2.24, 2.45) is 7.05 Å². The van der Waals surface area contributed by atoms with Crippen LogP contribution in [0.15, 0.2) is 6.33 Å². The van der Waals surface area contributed by atoms with E-state index in [-0.39, 0.29) is 17.8 Å². The molecule has 2 aromatic rings. The molecule has 2 aromatic heterocycles. The zero-order chi connectivity index (χ0) is 15.4. The standard InChI is InChI=1S/C12H19N7OS/c1-7(2)16-12-17-10(13)9(21-12)11(20)14-5-4-8-15-6-19(3)18-8/h6-7H,4-5,13H2,1-3H3,(H,14,20)(H,16,17). The average molecular weight is 309 g/mol. The van der Waals surface area contributed by atoms with E-state index in [1.165, 1.54) is 11.3 Å². The number of hydrogen-bond donors (Lipinski definition) is 3. The summed E-state index contributed by atoms with van der Waals surface area (Å²) in [4.78, 5) is 20.7. The number of amides is 1. The van der Waals surface area contributed by atoms with Crippen LogP contribution in [-0.4, -0.2) is 38.2 Å². The Bertz CT molecular complexity index is 619. The molecule has 0 aromatic carbocycles. The summed E-state index contributed by atoms with van der Waals surface area (Å²) in [6.45, 7) is 4.45. The molecule has 0 aliphatic rings. The molecule has 9 heteroatoms. The Kier molecular flexibility index (Phi) is 4.73. The lowest BCUT2D eigenvalue weighted by Crippen LogP contribution is -2.26. The first-order chi connectivity index (χ1) is 9.95. The molecule has 0 fully saturated rings. The molecule has 0 saturated carbocycles. The fraction of sp³-hybridized carbons (Fsp3) is 0.500. The second-order valence-corrected chi connectivity index (χ2v) is 5.87. The van der Waals surface area contributed by atoms with Gasteiger partial charge in [-0.3, -0.25) is 9.48 Å². The number of anilines is 2. The van der Waals surface area contributed by atoms with Crippen molar-refractivity contribution in [2.45, 2.75) is 26.3 Å². The van der Waals surface area contributed by atoms with E-state index in [2.05, 4.69) is 25.7 Å². The van der Waals surface area contributed by atoms with Crippen molar-refractivity contribution >= 4 is 28.2 Å². The summed E-state index contributed by atoms with van der Waals surface area (Å²) in [7, 11) is 1.80. The van der Waals surface area contributed by atoms with Gasteiger partial charge in [-0.2, -0.15) is 5.10 Å². The molecule has 2 heterocycles. The number of hydrogen-bond acceptors (Lipinski definition) is 7. The molecule has 0 atom stereocenters. The second kappa shape index (κ2) is 6.53. The minimum absolute atomic E-state index is 0.224. The van der Waals surface area contributed by atoms with Crippen molar-refractivity contribution in [3.63, 3.8) is 0 Å². The Morgan fingerprint density at radius 3 is 2.90 bits per heavy atom.